The summed E-state index contributed by atoms with van der Waals surface area (Å²) >= 11 is 0. The molecule has 0 aliphatic heterocycles. The van der Waals surface area contributed by atoms with Crippen LogP contribution in [-0.4, -0.2) is 10.9 Å². The molecule has 0 fully saturated rings. The van der Waals surface area contributed by atoms with Crippen LogP contribution in [0.5, 0.6) is 0 Å². The molecule has 1 aromatic rings. The van der Waals surface area contributed by atoms with Crippen molar-refractivity contribution >= 4 is 5.91 Å². The van der Waals surface area contributed by atoms with Crippen molar-refractivity contribution in [1.29, 1.82) is 0 Å². The Balaban J connectivity index is 3.27. The highest BCUT2D eigenvalue weighted by molar-refractivity contribution is 5.91. The number of hydrogen-bond acceptors (Lipinski definition) is 3. The third-order valence-electron chi connectivity index (χ3n) is 1.31. The summed E-state index contributed by atoms with van der Waals surface area (Å²) in [5.74, 6) is -0.687. The van der Waals surface area contributed by atoms with Crippen LogP contribution < -0.4 is 10.5 Å². The van der Waals surface area contributed by atoms with Crippen LogP contribution in [0.25, 0.3) is 0 Å². The molecular weight excluding hydrogens is 146 g/mol. The van der Waals surface area contributed by atoms with Crippen LogP contribution in [0.4, 0.5) is 0 Å². The second kappa shape index (κ2) is 2.53. The fraction of sp³-hybridized carbons (Fsp3) is 0.167. The Morgan fingerprint density at radius 3 is 2.91 bits per heavy atom. The molecule has 0 atom stereocenters. The number of amides is 1. The summed E-state index contributed by atoms with van der Waals surface area (Å²) in [7, 11) is 0. The van der Waals surface area contributed by atoms with Crippen molar-refractivity contribution in [3.05, 3.63) is 29.0 Å². The van der Waals surface area contributed by atoms with Gasteiger partial charge in [-0.25, -0.2) is 4.98 Å². The largest absolute Gasteiger partial charge is 0.618 e. The monoisotopic (exact) mass is 153 g/mol. The number of hydrogen-bond donors (Lipinski definition) is 1. The second-order valence-corrected chi connectivity index (χ2v) is 2.05. The van der Waals surface area contributed by atoms with Crippen molar-refractivity contribution in [1.82, 2.24) is 4.98 Å². The van der Waals surface area contributed by atoms with Crippen molar-refractivity contribution in [2.45, 2.75) is 6.92 Å². The fourth-order valence-corrected chi connectivity index (χ4v) is 0.720. The summed E-state index contributed by atoms with van der Waals surface area (Å²) in [6.45, 7) is 1.49. The lowest BCUT2D eigenvalue weighted by molar-refractivity contribution is -0.613. The molecule has 0 spiro atoms. The van der Waals surface area contributed by atoms with Crippen LogP contribution >= 0.6 is 0 Å². The van der Waals surface area contributed by atoms with E-state index in [1.165, 1.54) is 19.3 Å². The zero-order valence-corrected chi connectivity index (χ0v) is 5.94. The number of nitrogens with two attached hydrogens (primary N) is 1. The van der Waals surface area contributed by atoms with E-state index in [0.717, 1.165) is 0 Å². The first-order chi connectivity index (χ1) is 5.13. The third-order valence-corrected chi connectivity index (χ3v) is 1.31. The summed E-state index contributed by atoms with van der Waals surface area (Å²) < 4.78 is 0.549. The topological polar surface area (TPSA) is 82.9 Å². The molecule has 1 heterocycles. The van der Waals surface area contributed by atoms with Gasteiger partial charge in [-0.05, 0) is 0 Å². The molecule has 1 aromatic heterocycles. The van der Waals surface area contributed by atoms with Gasteiger partial charge in [0.05, 0.1) is 6.20 Å². The van der Waals surface area contributed by atoms with Crippen LogP contribution in [0, 0.1) is 12.1 Å². The van der Waals surface area contributed by atoms with Crippen LogP contribution in [0.15, 0.2) is 12.4 Å². The van der Waals surface area contributed by atoms with Crippen molar-refractivity contribution in [3.8, 4) is 0 Å². The minimum absolute atomic E-state index is 0.0162. The highest BCUT2D eigenvalue weighted by atomic mass is 16.5. The molecule has 5 nitrogen and oxygen atoms in total. The van der Waals surface area contributed by atoms with Gasteiger partial charge in [0.2, 0.25) is 5.69 Å². The highest BCUT2D eigenvalue weighted by Crippen LogP contribution is 1.94. The Kier molecular flexibility index (Phi) is 1.72. The minimum Gasteiger partial charge on any atom is -0.618 e. The lowest BCUT2D eigenvalue weighted by Crippen LogP contribution is -2.33. The summed E-state index contributed by atoms with van der Waals surface area (Å²) in [4.78, 5) is 14.2. The molecule has 0 aliphatic carbocycles. The zero-order valence-electron chi connectivity index (χ0n) is 5.94. The molecule has 0 aromatic carbocycles. The number of aromatic nitrogens is 2. The molecule has 0 radical (unpaired) electrons. The van der Waals surface area contributed by atoms with Crippen molar-refractivity contribution in [2.75, 3.05) is 0 Å². The number of carbonyl (C=O) groups is 1. The molecule has 0 unspecified atom stereocenters. The number of nitrogens with zero attached hydrogens (tertiary/aromatic N) is 2. The van der Waals surface area contributed by atoms with Gasteiger partial charge in [-0.3, -0.25) is 4.79 Å². The molecule has 58 valence electrons. The van der Waals surface area contributed by atoms with Gasteiger partial charge in [0, 0.05) is 6.92 Å². The van der Waals surface area contributed by atoms with E-state index in [1.54, 1.807) is 0 Å². The molecule has 11 heavy (non-hydrogen) atoms. The van der Waals surface area contributed by atoms with Gasteiger partial charge in [0.15, 0.2) is 11.9 Å². The summed E-state index contributed by atoms with van der Waals surface area (Å²) in [5, 5.41) is 10.8. The molecule has 0 saturated carbocycles. The maximum absolute atomic E-state index is 10.8. The first-order valence-electron chi connectivity index (χ1n) is 2.97. The maximum Gasteiger partial charge on any atom is 0.273 e. The molecule has 0 bridgehead atoms. The SMILES string of the molecule is Cc1c(C(N)=O)ncc[n+]1[O-]. The Bertz CT molecular complexity index is 298. The Morgan fingerprint density at radius 2 is 2.45 bits per heavy atom. The molecular formula is C6H7N3O2. The van der Waals surface area contributed by atoms with E-state index >= 15 is 0 Å². The summed E-state index contributed by atoms with van der Waals surface area (Å²) in [6.07, 6.45) is 2.45. The predicted molar refractivity (Wildman–Crippen MR) is 36.5 cm³/mol. The predicted octanol–water partition coefficient (Wildman–Crippen LogP) is -0.878. The van der Waals surface area contributed by atoms with Gasteiger partial charge in [-0.1, -0.05) is 0 Å². The number of primary amides is 1. The number of rotatable bonds is 1. The van der Waals surface area contributed by atoms with Crippen LogP contribution in [0.3, 0.4) is 0 Å². The summed E-state index contributed by atoms with van der Waals surface area (Å²) in [5.41, 5.74) is 5.17. The molecule has 1 amide bonds. The van der Waals surface area contributed by atoms with E-state index in [-0.39, 0.29) is 11.4 Å². The van der Waals surface area contributed by atoms with E-state index in [4.69, 9.17) is 5.73 Å². The van der Waals surface area contributed by atoms with Crippen molar-refractivity contribution < 1.29 is 9.52 Å². The lowest BCUT2D eigenvalue weighted by atomic mass is 10.3. The first kappa shape index (κ1) is 7.46. The van der Waals surface area contributed by atoms with Crippen LogP contribution in [0.1, 0.15) is 16.2 Å². The number of carbonyl (C=O) groups excluding carboxylic acids is 1. The van der Waals surface area contributed by atoms with Crippen molar-refractivity contribution in [2.24, 2.45) is 5.73 Å². The smallest absolute Gasteiger partial charge is 0.273 e. The van der Waals surface area contributed by atoms with Gasteiger partial charge in [-0.15, -0.1) is 0 Å². The van der Waals surface area contributed by atoms with E-state index in [0.29, 0.717) is 4.73 Å². The lowest BCUT2D eigenvalue weighted by Gasteiger charge is -2.00. The van der Waals surface area contributed by atoms with E-state index in [9.17, 15) is 10.0 Å². The second-order valence-electron chi connectivity index (χ2n) is 2.05. The molecule has 0 aliphatic rings. The molecule has 5 heteroatoms. The zero-order chi connectivity index (χ0) is 8.43. The molecule has 2 N–H and O–H groups in total. The van der Waals surface area contributed by atoms with E-state index < -0.39 is 5.91 Å². The van der Waals surface area contributed by atoms with Gasteiger partial charge < -0.3 is 10.9 Å². The van der Waals surface area contributed by atoms with Crippen LogP contribution in [-0.2, 0) is 0 Å². The Labute approximate surface area is 63.1 Å². The standard InChI is InChI=1S/C6H7N3O2/c1-4-5(6(7)10)8-2-3-9(4)11/h2-3H,1H3,(H2,7,10). The highest BCUT2D eigenvalue weighted by Gasteiger charge is 2.12. The van der Waals surface area contributed by atoms with Crippen molar-refractivity contribution in [3.63, 3.8) is 0 Å². The quantitative estimate of drug-likeness (QED) is 0.420. The van der Waals surface area contributed by atoms with Crippen LogP contribution in [0.2, 0.25) is 0 Å². The third kappa shape index (κ3) is 1.26. The molecule has 1 rings (SSSR count). The van der Waals surface area contributed by atoms with Gasteiger partial charge >= 0.3 is 0 Å². The maximum atomic E-state index is 10.8. The Hall–Kier alpha value is -1.65. The fourth-order valence-electron chi connectivity index (χ4n) is 0.720. The first-order valence-corrected chi connectivity index (χ1v) is 2.97. The summed E-state index contributed by atoms with van der Waals surface area (Å²) in [6, 6.07) is 0. The van der Waals surface area contributed by atoms with Gasteiger partial charge in [-0.2, -0.15) is 4.73 Å². The van der Waals surface area contributed by atoms with E-state index in [1.807, 2.05) is 0 Å². The minimum atomic E-state index is -0.687. The normalized spacial score (nSPS) is 9.55. The average molecular weight is 153 g/mol. The molecule has 0 saturated heterocycles. The van der Waals surface area contributed by atoms with E-state index in [2.05, 4.69) is 4.98 Å². The van der Waals surface area contributed by atoms with Gasteiger partial charge in [0.25, 0.3) is 5.91 Å². The average Bonchev–Trinajstić information content (AvgIpc) is 1.94. The van der Waals surface area contributed by atoms with Gasteiger partial charge in [0.1, 0.15) is 0 Å². The Morgan fingerprint density at radius 1 is 1.82 bits per heavy atom.